The highest BCUT2D eigenvalue weighted by Crippen LogP contribution is 2.37. The smallest absolute Gasteiger partial charge is 0.330 e. The molecule has 5 rings (SSSR count). The van der Waals surface area contributed by atoms with Crippen molar-refractivity contribution < 1.29 is 9.53 Å². The van der Waals surface area contributed by atoms with Crippen LogP contribution in [0.1, 0.15) is 40.3 Å². The van der Waals surface area contributed by atoms with E-state index in [4.69, 9.17) is 4.74 Å². The highest BCUT2D eigenvalue weighted by molar-refractivity contribution is 5.87. The van der Waals surface area contributed by atoms with Crippen molar-refractivity contribution in [3.05, 3.63) is 94.9 Å². The van der Waals surface area contributed by atoms with Gasteiger partial charge in [0.25, 0.3) is 0 Å². The van der Waals surface area contributed by atoms with Gasteiger partial charge in [0, 0.05) is 68.2 Å². The number of fused-ring (bicyclic) bond motifs is 2. The molecule has 0 amide bonds. The lowest BCUT2D eigenvalue weighted by Crippen LogP contribution is -2.29. The maximum atomic E-state index is 11.5. The number of para-hydroxylation sites is 1. The van der Waals surface area contributed by atoms with Gasteiger partial charge < -0.3 is 9.30 Å². The molecule has 6 nitrogen and oxygen atoms in total. The molecule has 0 radical (unpaired) electrons. The van der Waals surface area contributed by atoms with Gasteiger partial charge in [-0.3, -0.25) is 9.58 Å². The van der Waals surface area contributed by atoms with Crippen LogP contribution in [0.5, 0.6) is 0 Å². The third-order valence-corrected chi connectivity index (χ3v) is 7.06. The molecule has 0 saturated heterocycles. The Kier molecular flexibility index (Phi) is 6.55. The molecule has 0 N–H and O–H groups in total. The summed E-state index contributed by atoms with van der Waals surface area (Å²) in [6.07, 6.45) is 12.8. The van der Waals surface area contributed by atoms with Crippen molar-refractivity contribution in [1.82, 2.24) is 19.2 Å². The van der Waals surface area contributed by atoms with Crippen LogP contribution >= 0.6 is 0 Å². The number of ether oxygens (including phenoxy) is 1. The Balaban J connectivity index is 1.40. The minimum Gasteiger partial charge on any atom is -0.466 e. The molecule has 2 aromatic heterocycles. The summed E-state index contributed by atoms with van der Waals surface area (Å²) in [5, 5.41) is 5.74. The molecule has 1 atom stereocenters. The fourth-order valence-corrected chi connectivity index (χ4v) is 5.35. The van der Waals surface area contributed by atoms with Gasteiger partial charge in [0.1, 0.15) is 0 Å². The van der Waals surface area contributed by atoms with Crippen LogP contribution in [0.3, 0.4) is 0 Å². The first-order chi connectivity index (χ1) is 17.0. The average molecular weight is 469 g/mol. The van der Waals surface area contributed by atoms with Crippen molar-refractivity contribution in [3.63, 3.8) is 0 Å². The number of aromatic nitrogens is 3. The number of nitrogens with zero attached hydrogens (tertiary/aromatic N) is 4. The van der Waals surface area contributed by atoms with Gasteiger partial charge in [-0.2, -0.15) is 5.10 Å². The number of aryl methyl sites for hydroxylation is 3. The van der Waals surface area contributed by atoms with Gasteiger partial charge >= 0.3 is 5.97 Å². The zero-order chi connectivity index (χ0) is 24.4. The van der Waals surface area contributed by atoms with Crippen LogP contribution in [-0.2, 0) is 43.0 Å². The molecule has 1 unspecified atom stereocenters. The predicted octanol–water partition coefficient (Wildman–Crippen LogP) is 4.83. The van der Waals surface area contributed by atoms with Gasteiger partial charge in [-0.25, -0.2) is 4.79 Å². The summed E-state index contributed by atoms with van der Waals surface area (Å²) in [5.74, 6) is -0.334. The predicted molar refractivity (Wildman–Crippen MR) is 139 cm³/mol. The van der Waals surface area contributed by atoms with Crippen molar-refractivity contribution in [2.75, 3.05) is 13.7 Å². The monoisotopic (exact) mass is 468 g/mol. The van der Waals surface area contributed by atoms with Gasteiger partial charge in [0.2, 0.25) is 0 Å². The van der Waals surface area contributed by atoms with Crippen LogP contribution < -0.4 is 0 Å². The quantitative estimate of drug-likeness (QED) is 0.275. The fraction of sp³-hybridized carbons (Fsp3) is 0.310. The third kappa shape index (κ3) is 4.93. The number of hydrogen-bond acceptors (Lipinski definition) is 4. The van der Waals surface area contributed by atoms with Crippen LogP contribution in [0.2, 0.25) is 0 Å². The van der Waals surface area contributed by atoms with E-state index in [0.29, 0.717) is 6.04 Å². The lowest BCUT2D eigenvalue weighted by molar-refractivity contribution is -0.134. The second-order valence-electron chi connectivity index (χ2n) is 9.39. The molecule has 6 heteroatoms. The van der Waals surface area contributed by atoms with E-state index in [1.54, 1.807) is 0 Å². The average Bonchev–Trinajstić information content (AvgIpc) is 3.57. The number of methoxy groups -OCH3 is 1. The summed E-state index contributed by atoms with van der Waals surface area (Å²) in [4.78, 5) is 14.1. The van der Waals surface area contributed by atoms with E-state index < -0.39 is 0 Å². The number of carbonyl (C=O) groups is 1. The molecule has 1 aliphatic carbocycles. The SMILES string of the molecule is COC(=O)/C=C/c1ccc2c(c1)CCC2N(CCc1cn(C)c2ccccc12)Cc1cnn(C)c1. The molecular weight excluding hydrogens is 436 g/mol. The van der Waals surface area contributed by atoms with Gasteiger partial charge in [0.05, 0.1) is 13.3 Å². The molecule has 0 spiro atoms. The van der Waals surface area contributed by atoms with E-state index in [0.717, 1.165) is 37.9 Å². The van der Waals surface area contributed by atoms with Crippen LogP contribution in [0, 0.1) is 0 Å². The molecule has 2 heterocycles. The second-order valence-corrected chi connectivity index (χ2v) is 9.39. The Morgan fingerprint density at radius 1 is 1.20 bits per heavy atom. The summed E-state index contributed by atoms with van der Waals surface area (Å²) in [5.41, 5.74) is 7.69. The Bertz CT molecular complexity index is 1380. The molecular formula is C29H32N4O2. The van der Waals surface area contributed by atoms with Crippen LogP contribution in [-0.4, -0.2) is 38.9 Å². The van der Waals surface area contributed by atoms with E-state index in [1.807, 2.05) is 24.0 Å². The summed E-state index contributed by atoms with van der Waals surface area (Å²) < 4.78 is 8.82. The number of carbonyl (C=O) groups excluding carboxylic acids is 1. The van der Waals surface area contributed by atoms with Gasteiger partial charge in [-0.1, -0.05) is 36.4 Å². The lowest BCUT2D eigenvalue weighted by atomic mass is 10.0. The standard InChI is InChI=1S/C29H32N4O2/c1-31-20-24(25-6-4-5-7-27(25)31)14-15-33(19-22-17-30-32(2)18-22)28-12-10-23-16-21(8-11-26(23)28)9-13-29(34)35-3/h4-9,11,13,16-18,20,28H,10,12,14-15,19H2,1-3H3/b13-9+. The van der Waals surface area contributed by atoms with E-state index in [2.05, 4.69) is 76.5 Å². The van der Waals surface area contributed by atoms with Crippen molar-refractivity contribution in [2.45, 2.75) is 31.8 Å². The van der Waals surface area contributed by atoms with E-state index in [-0.39, 0.29) is 5.97 Å². The molecule has 35 heavy (non-hydrogen) atoms. The molecule has 1 aliphatic rings. The minimum absolute atomic E-state index is 0.334. The maximum absolute atomic E-state index is 11.5. The molecule has 2 aromatic carbocycles. The van der Waals surface area contributed by atoms with E-state index >= 15 is 0 Å². The summed E-state index contributed by atoms with van der Waals surface area (Å²) in [6, 6.07) is 15.5. The van der Waals surface area contributed by atoms with E-state index in [1.165, 1.54) is 46.3 Å². The highest BCUT2D eigenvalue weighted by Gasteiger charge is 2.28. The first kappa shape index (κ1) is 23.1. The third-order valence-electron chi connectivity index (χ3n) is 7.06. The largest absolute Gasteiger partial charge is 0.466 e. The molecule has 0 aliphatic heterocycles. The number of hydrogen-bond donors (Lipinski definition) is 0. The van der Waals surface area contributed by atoms with Crippen LogP contribution in [0.4, 0.5) is 0 Å². The number of esters is 1. The highest BCUT2D eigenvalue weighted by atomic mass is 16.5. The van der Waals surface area contributed by atoms with Crippen LogP contribution in [0.15, 0.2) is 67.1 Å². The maximum Gasteiger partial charge on any atom is 0.330 e. The van der Waals surface area contributed by atoms with Crippen molar-refractivity contribution in [1.29, 1.82) is 0 Å². The topological polar surface area (TPSA) is 52.3 Å². The van der Waals surface area contributed by atoms with Crippen molar-refractivity contribution >= 4 is 22.9 Å². The molecule has 0 fully saturated rings. The Labute approximate surface area is 206 Å². The van der Waals surface area contributed by atoms with Crippen molar-refractivity contribution in [3.8, 4) is 0 Å². The Hall–Kier alpha value is -3.64. The molecule has 0 bridgehead atoms. The molecule has 180 valence electrons. The summed E-state index contributed by atoms with van der Waals surface area (Å²) in [7, 11) is 5.49. The molecule has 4 aromatic rings. The zero-order valence-electron chi connectivity index (χ0n) is 20.6. The zero-order valence-corrected chi connectivity index (χ0v) is 20.6. The van der Waals surface area contributed by atoms with Crippen molar-refractivity contribution in [2.24, 2.45) is 14.1 Å². The Morgan fingerprint density at radius 2 is 2.06 bits per heavy atom. The first-order valence-corrected chi connectivity index (χ1v) is 12.1. The lowest BCUT2D eigenvalue weighted by Gasteiger charge is -2.29. The number of benzene rings is 2. The summed E-state index contributed by atoms with van der Waals surface area (Å²) >= 11 is 0. The van der Waals surface area contributed by atoms with Gasteiger partial charge in [-0.15, -0.1) is 0 Å². The fourth-order valence-electron chi connectivity index (χ4n) is 5.35. The number of rotatable bonds is 8. The summed E-state index contributed by atoms with van der Waals surface area (Å²) in [6.45, 7) is 1.84. The second kappa shape index (κ2) is 9.92. The van der Waals surface area contributed by atoms with E-state index in [9.17, 15) is 4.79 Å². The normalized spacial score (nSPS) is 15.4. The van der Waals surface area contributed by atoms with Gasteiger partial charge in [0.15, 0.2) is 0 Å². The van der Waals surface area contributed by atoms with Gasteiger partial charge in [-0.05, 0) is 53.7 Å². The Morgan fingerprint density at radius 3 is 2.86 bits per heavy atom. The minimum atomic E-state index is -0.334. The van der Waals surface area contributed by atoms with Crippen LogP contribution in [0.25, 0.3) is 17.0 Å². The molecule has 0 saturated carbocycles. The first-order valence-electron chi connectivity index (χ1n) is 12.1.